The zero-order valence-corrected chi connectivity index (χ0v) is 52.0. The van der Waals surface area contributed by atoms with E-state index in [1.807, 2.05) is 0 Å². The Labute approximate surface area is 503 Å². The second-order valence-electron chi connectivity index (χ2n) is 25.1. The number of phenolic OH excluding ortho intramolecular Hbond substituents is 4. The first-order chi connectivity index (χ1) is 41.3. The maximum absolute atomic E-state index is 12.9. The van der Waals surface area contributed by atoms with Crippen molar-refractivity contribution in [3.63, 3.8) is 0 Å². The fourth-order valence-corrected chi connectivity index (χ4v) is 14.4. The summed E-state index contributed by atoms with van der Waals surface area (Å²) < 4.78 is 52.6. The molecule has 84 heavy (non-hydrogen) atoms. The Morgan fingerprint density at radius 3 is 0.536 bits per heavy atom. The molecule has 12 nitrogen and oxygen atoms in total. The zero-order chi connectivity index (χ0) is 58.6. The summed E-state index contributed by atoms with van der Waals surface area (Å²) >= 11 is 0. The Morgan fingerprint density at radius 2 is 0.381 bits per heavy atom. The van der Waals surface area contributed by atoms with Gasteiger partial charge in [0, 0.05) is 68.2 Å². The lowest BCUT2D eigenvalue weighted by Gasteiger charge is -2.36. The normalized spacial score (nSPS) is 17.9. The number of hydrogen-bond donors (Lipinski definition) is 4. The molecule has 0 aromatic heterocycles. The summed E-state index contributed by atoms with van der Waals surface area (Å²) in [6.07, 6.45) is 39.2. The third-order valence-corrected chi connectivity index (χ3v) is 19.1. The van der Waals surface area contributed by atoms with Crippen molar-refractivity contribution >= 4 is 0 Å². The lowest BCUT2D eigenvalue weighted by atomic mass is 9.75. The van der Waals surface area contributed by atoms with Crippen LogP contribution in [0.15, 0.2) is 24.3 Å². The lowest BCUT2D eigenvalue weighted by Crippen LogP contribution is -2.23. The number of phenols is 4. The van der Waals surface area contributed by atoms with Gasteiger partial charge >= 0.3 is 0 Å². The van der Waals surface area contributed by atoms with Crippen LogP contribution in [-0.2, 0) is 0 Å². The minimum atomic E-state index is -0.410. The van der Waals surface area contributed by atoms with E-state index >= 15 is 0 Å². The highest BCUT2D eigenvalue weighted by atomic mass is 16.7. The van der Waals surface area contributed by atoms with Gasteiger partial charge in [0.2, 0.25) is 50.2 Å². The summed E-state index contributed by atoms with van der Waals surface area (Å²) in [5, 5.41) is 51.7. The van der Waals surface area contributed by atoms with Crippen molar-refractivity contribution in [2.45, 2.75) is 283 Å². The summed E-state index contributed by atoms with van der Waals surface area (Å²) in [5.74, 6) is 0.199. The summed E-state index contributed by atoms with van der Waals surface area (Å²) in [7, 11) is 0. The molecule has 1 aliphatic carbocycles. The van der Waals surface area contributed by atoms with Gasteiger partial charge in [0.25, 0.3) is 0 Å². The van der Waals surface area contributed by atoms with Crippen LogP contribution in [0.2, 0.25) is 0 Å². The van der Waals surface area contributed by atoms with Crippen molar-refractivity contribution in [1.82, 2.24) is 0 Å². The van der Waals surface area contributed by atoms with Crippen LogP contribution in [0.1, 0.15) is 327 Å². The molecule has 4 aliphatic heterocycles. The smallest absolute Gasteiger partial charge is 0.231 e. The highest BCUT2D eigenvalue weighted by molar-refractivity contribution is 5.72. The molecule has 0 atom stereocenters. The summed E-state index contributed by atoms with van der Waals surface area (Å²) in [6.45, 7) is 7.82. The van der Waals surface area contributed by atoms with Crippen LogP contribution in [-0.4, -0.2) is 47.6 Å². The maximum atomic E-state index is 12.9. The van der Waals surface area contributed by atoms with Gasteiger partial charge in [-0.15, -0.1) is 0 Å². The quantitative estimate of drug-likeness (QED) is 0.0321. The second-order valence-corrected chi connectivity index (χ2v) is 25.1. The molecule has 8 bridgehead atoms. The van der Waals surface area contributed by atoms with Gasteiger partial charge in [-0.1, -0.05) is 233 Å². The van der Waals surface area contributed by atoms with E-state index in [0.29, 0.717) is 25.7 Å². The molecule has 464 valence electrons. The molecule has 4 aromatic rings. The maximum Gasteiger partial charge on any atom is 0.231 e. The third-order valence-electron chi connectivity index (χ3n) is 19.1. The van der Waals surface area contributed by atoms with Crippen LogP contribution < -0.4 is 37.9 Å². The Balaban J connectivity index is 1.27. The first-order valence-corrected chi connectivity index (χ1v) is 33.9. The molecule has 0 amide bonds. The molecule has 4 aromatic carbocycles. The predicted octanol–water partition coefficient (Wildman–Crippen LogP) is 20.4. The standard InChI is InChI=1S/C72H104O12/c1-5-9-13-17-21-25-29-33-37-49-53-41-55-50(38-34-30-26-22-18-14-10-6-2)57-43-59-52(40-36-32-28-24-20-16-12-8-4)60-44-58-51(39-35-31-27-23-19-15-11-7-3)56-42-54(49)66-62(74)68(56)80-47-82-70(58)64(76)72(60)84-48-83-71(59)63(75)69(57)81-46-79-67(55)61(73)65(53)77-45-78-66/h41-44,49-52,73-76H,5-40,45-48H2,1-4H3. The van der Waals surface area contributed by atoms with E-state index < -0.39 is 23.7 Å². The minimum Gasteiger partial charge on any atom is -0.502 e. The molecule has 5 aliphatic rings. The average Bonchev–Trinajstić information content (AvgIpc) is 1.08. The van der Waals surface area contributed by atoms with Gasteiger partial charge in [0.1, 0.15) is 0 Å². The highest BCUT2D eigenvalue weighted by Crippen LogP contribution is 2.62. The molecular formula is C72H104O12. The fraction of sp³-hybridized carbons (Fsp3) is 0.667. The largest absolute Gasteiger partial charge is 0.502 e. The molecule has 0 saturated carbocycles. The number of ether oxygens (including phenoxy) is 8. The van der Waals surface area contributed by atoms with Gasteiger partial charge in [-0.2, -0.15) is 0 Å². The van der Waals surface area contributed by atoms with Crippen LogP contribution in [0.25, 0.3) is 0 Å². The zero-order valence-electron chi connectivity index (χ0n) is 52.0. The summed E-state index contributed by atoms with van der Waals surface area (Å²) in [4.78, 5) is 0. The van der Waals surface area contributed by atoms with Crippen molar-refractivity contribution < 1.29 is 58.3 Å². The van der Waals surface area contributed by atoms with Crippen molar-refractivity contribution in [1.29, 1.82) is 0 Å². The van der Waals surface area contributed by atoms with E-state index in [4.69, 9.17) is 37.9 Å². The van der Waals surface area contributed by atoms with E-state index in [9.17, 15) is 20.4 Å². The van der Waals surface area contributed by atoms with E-state index in [1.165, 1.54) is 128 Å². The van der Waals surface area contributed by atoms with Gasteiger partial charge in [0.05, 0.1) is 0 Å². The Kier molecular flexibility index (Phi) is 24.2. The van der Waals surface area contributed by atoms with Crippen LogP contribution >= 0.6 is 0 Å². The molecule has 0 unspecified atom stereocenters. The van der Waals surface area contributed by atoms with Crippen LogP contribution in [0.3, 0.4) is 0 Å². The topological polar surface area (TPSA) is 155 Å². The van der Waals surface area contributed by atoms with Gasteiger partial charge in [-0.25, -0.2) is 0 Å². The summed E-state index contributed by atoms with van der Waals surface area (Å²) in [5.41, 5.74) is 6.34. The SMILES string of the molecule is CCCCCCCCCCC1c2cc3c4c(O)c2OCOc2c1cc1c(c2O)OCOc2c(cc5c(c2O)OCOc2c(cc(c(c2O)OCO4)C3CCCCCCCCCC)C5CCCCCCCCCC)C1CCCCCCCCCC. The van der Waals surface area contributed by atoms with E-state index in [-0.39, 0.29) is 96.2 Å². The monoisotopic (exact) mass is 1160 g/mol. The Bertz CT molecular complexity index is 2230. The summed E-state index contributed by atoms with van der Waals surface area (Å²) in [6, 6.07) is 8.81. The number of rotatable bonds is 36. The Hall–Kier alpha value is -5.52. The molecule has 4 heterocycles. The molecule has 0 spiro atoms. The number of aromatic hydroxyl groups is 4. The molecule has 9 rings (SSSR count). The van der Waals surface area contributed by atoms with Crippen molar-refractivity contribution in [3.05, 3.63) is 68.8 Å². The molecule has 0 fully saturated rings. The van der Waals surface area contributed by atoms with Crippen LogP contribution in [0.4, 0.5) is 0 Å². The predicted molar refractivity (Wildman–Crippen MR) is 333 cm³/mol. The lowest BCUT2D eigenvalue weighted by molar-refractivity contribution is 0.0865. The highest BCUT2D eigenvalue weighted by Gasteiger charge is 2.42. The second kappa shape index (κ2) is 32.3. The van der Waals surface area contributed by atoms with E-state index in [2.05, 4.69) is 52.0 Å². The number of hydrogen-bond acceptors (Lipinski definition) is 12. The number of unbranched alkanes of at least 4 members (excludes halogenated alkanes) is 28. The Morgan fingerprint density at radius 1 is 0.238 bits per heavy atom. The van der Waals surface area contributed by atoms with Crippen molar-refractivity contribution in [3.8, 4) is 69.0 Å². The van der Waals surface area contributed by atoms with E-state index in [0.717, 1.165) is 122 Å². The molecule has 4 N–H and O–H groups in total. The number of benzene rings is 4. The first kappa shape index (κ1) is 63.0. The van der Waals surface area contributed by atoms with E-state index in [1.54, 1.807) is 0 Å². The molecule has 0 radical (unpaired) electrons. The third kappa shape index (κ3) is 15.0. The van der Waals surface area contributed by atoms with Crippen molar-refractivity contribution in [2.75, 3.05) is 27.2 Å². The molecule has 0 saturated heterocycles. The molecule has 12 heteroatoms. The van der Waals surface area contributed by atoms with Gasteiger partial charge in [-0.05, 0) is 49.9 Å². The van der Waals surface area contributed by atoms with Gasteiger partial charge in [-0.3, -0.25) is 0 Å². The average molecular weight is 1160 g/mol. The van der Waals surface area contributed by atoms with Crippen LogP contribution in [0.5, 0.6) is 69.0 Å². The van der Waals surface area contributed by atoms with Crippen molar-refractivity contribution in [2.24, 2.45) is 0 Å². The first-order valence-electron chi connectivity index (χ1n) is 33.9. The minimum absolute atomic E-state index is 0.114. The fourth-order valence-electron chi connectivity index (χ4n) is 14.4. The van der Waals surface area contributed by atoms with Crippen LogP contribution in [0, 0.1) is 0 Å². The molecular weight excluding hydrogens is 1060 g/mol. The van der Waals surface area contributed by atoms with Gasteiger partial charge < -0.3 is 58.3 Å². The van der Waals surface area contributed by atoms with Gasteiger partial charge in [0.15, 0.2) is 46.0 Å².